The summed E-state index contributed by atoms with van der Waals surface area (Å²) in [5.41, 5.74) is 6.07. The predicted molar refractivity (Wildman–Crippen MR) is 110 cm³/mol. The molecule has 4 atom stereocenters. The predicted octanol–water partition coefficient (Wildman–Crippen LogP) is 2.38. The van der Waals surface area contributed by atoms with Crippen LogP contribution in [0, 0.1) is 17.8 Å². The molecule has 7 heteroatoms. The molecule has 0 aromatic rings. The van der Waals surface area contributed by atoms with Crippen molar-refractivity contribution in [3.63, 3.8) is 0 Å². The summed E-state index contributed by atoms with van der Waals surface area (Å²) >= 11 is 0. The zero-order valence-electron chi connectivity index (χ0n) is 18.1. The summed E-state index contributed by atoms with van der Waals surface area (Å²) in [6, 6.07) is -2.30. The molecule has 0 aromatic carbocycles. The lowest BCUT2D eigenvalue weighted by Gasteiger charge is -2.36. The molecule has 0 spiro atoms. The van der Waals surface area contributed by atoms with Crippen molar-refractivity contribution in [1.82, 2.24) is 10.2 Å². The first-order chi connectivity index (χ1) is 13.1. The molecule has 162 valence electrons. The summed E-state index contributed by atoms with van der Waals surface area (Å²) in [6.07, 6.45) is 6.00. The summed E-state index contributed by atoms with van der Waals surface area (Å²) in [5.74, 6) is -1.52. The number of hydrogen-bond acceptors (Lipinski definition) is 4. The van der Waals surface area contributed by atoms with Gasteiger partial charge in [0.05, 0.1) is 6.04 Å². The Morgan fingerprint density at radius 2 is 1.71 bits per heavy atom. The van der Waals surface area contributed by atoms with E-state index in [0.717, 1.165) is 38.5 Å². The summed E-state index contributed by atoms with van der Waals surface area (Å²) in [4.78, 5) is 39.0. The quantitative estimate of drug-likeness (QED) is 0.524. The molecule has 1 rings (SSSR count). The van der Waals surface area contributed by atoms with Gasteiger partial charge in [0, 0.05) is 7.05 Å². The highest BCUT2D eigenvalue weighted by Crippen LogP contribution is 2.28. The lowest BCUT2D eigenvalue weighted by Crippen LogP contribution is -2.58. The minimum Gasteiger partial charge on any atom is -0.480 e. The molecule has 0 aliphatic heterocycles. The van der Waals surface area contributed by atoms with Crippen LogP contribution in [-0.2, 0) is 14.4 Å². The van der Waals surface area contributed by atoms with Crippen LogP contribution in [0.2, 0.25) is 0 Å². The van der Waals surface area contributed by atoms with E-state index in [1.54, 1.807) is 0 Å². The topological polar surface area (TPSA) is 113 Å². The Labute approximate surface area is 169 Å². The van der Waals surface area contributed by atoms with Gasteiger partial charge in [-0.2, -0.15) is 0 Å². The van der Waals surface area contributed by atoms with E-state index in [4.69, 9.17) is 5.73 Å². The molecule has 1 aliphatic rings. The van der Waals surface area contributed by atoms with Crippen molar-refractivity contribution in [1.29, 1.82) is 0 Å². The van der Waals surface area contributed by atoms with E-state index in [1.807, 2.05) is 27.7 Å². The van der Waals surface area contributed by atoms with Gasteiger partial charge in [-0.3, -0.25) is 9.59 Å². The average molecular weight is 398 g/mol. The average Bonchev–Trinajstić information content (AvgIpc) is 2.67. The molecular weight excluding hydrogens is 358 g/mol. The molecule has 28 heavy (non-hydrogen) atoms. The fourth-order valence-electron chi connectivity index (χ4n) is 3.85. The van der Waals surface area contributed by atoms with Crippen LogP contribution in [0.15, 0.2) is 0 Å². The zero-order valence-corrected chi connectivity index (χ0v) is 18.1. The Balaban J connectivity index is 3.03. The first-order valence-corrected chi connectivity index (χ1v) is 10.7. The number of amides is 2. The second-order valence-corrected chi connectivity index (χ2v) is 8.73. The van der Waals surface area contributed by atoms with Gasteiger partial charge in [-0.15, -0.1) is 0 Å². The highest BCUT2D eigenvalue weighted by Gasteiger charge is 2.38. The fourth-order valence-corrected chi connectivity index (χ4v) is 3.85. The summed E-state index contributed by atoms with van der Waals surface area (Å²) in [7, 11) is 1.53. The molecule has 2 amide bonds. The Morgan fingerprint density at radius 1 is 1.14 bits per heavy atom. The molecule has 0 heterocycles. The number of nitrogens with two attached hydrogens (primary N) is 1. The Morgan fingerprint density at radius 3 is 2.18 bits per heavy atom. The number of nitrogens with one attached hydrogen (secondary N) is 1. The Kier molecular flexibility index (Phi) is 9.93. The van der Waals surface area contributed by atoms with Crippen molar-refractivity contribution in [2.75, 3.05) is 7.05 Å². The molecule has 0 saturated heterocycles. The zero-order chi connectivity index (χ0) is 21.4. The van der Waals surface area contributed by atoms with Crippen molar-refractivity contribution in [3.8, 4) is 0 Å². The van der Waals surface area contributed by atoms with Crippen LogP contribution in [-0.4, -0.2) is 53.0 Å². The molecule has 0 aromatic heterocycles. The maximum atomic E-state index is 13.3. The number of nitrogens with zero attached hydrogens (tertiary/aromatic N) is 1. The summed E-state index contributed by atoms with van der Waals surface area (Å²) < 4.78 is 0. The Bertz CT molecular complexity index is 532. The van der Waals surface area contributed by atoms with E-state index < -0.39 is 24.1 Å². The van der Waals surface area contributed by atoms with Crippen molar-refractivity contribution in [2.45, 2.75) is 90.8 Å². The van der Waals surface area contributed by atoms with E-state index in [0.29, 0.717) is 6.42 Å². The highest BCUT2D eigenvalue weighted by atomic mass is 16.4. The maximum Gasteiger partial charge on any atom is 0.326 e. The molecule has 0 bridgehead atoms. The van der Waals surface area contributed by atoms with Crippen molar-refractivity contribution in [2.24, 2.45) is 23.5 Å². The number of rotatable bonds is 10. The lowest BCUT2D eigenvalue weighted by molar-refractivity contribution is -0.151. The van der Waals surface area contributed by atoms with Crippen LogP contribution in [0.1, 0.15) is 72.6 Å². The lowest BCUT2D eigenvalue weighted by atomic mass is 9.82. The summed E-state index contributed by atoms with van der Waals surface area (Å²) in [5, 5.41) is 12.5. The van der Waals surface area contributed by atoms with E-state index in [2.05, 4.69) is 5.32 Å². The fraction of sp³-hybridized carbons (Fsp3) is 0.857. The van der Waals surface area contributed by atoms with Gasteiger partial charge >= 0.3 is 5.97 Å². The van der Waals surface area contributed by atoms with Crippen LogP contribution in [0.3, 0.4) is 0 Å². The standard InChI is InChI=1S/C21H39N3O4/c1-6-14(4)17(22)19(25)23-18(15-10-8-7-9-11-15)20(26)24(5)16(21(27)28)12-13(2)3/h13-18H,6-12,22H2,1-5H3,(H,23,25)(H,27,28)/t14-,16+,17+,18+/m0/s1. The van der Waals surface area contributed by atoms with Gasteiger partial charge in [0.25, 0.3) is 0 Å². The number of hydrogen-bond donors (Lipinski definition) is 3. The molecule has 7 nitrogen and oxygen atoms in total. The third-order valence-corrected chi connectivity index (χ3v) is 6.04. The van der Waals surface area contributed by atoms with Gasteiger partial charge in [-0.25, -0.2) is 4.79 Å². The normalized spacial score (nSPS) is 19.5. The molecule has 1 saturated carbocycles. The number of likely N-dealkylation sites (N-methyl/N-ethyl adjacent to an activating group) is 1. The highest BCUT2D eigenvalue weighted by molar-refractivity contribution is 5.92. The smallest absolute Gasteiger partial charge is 0.326 e. The molecule has 4 N–H and O–H groups in total. The number of carboxylic acids is 1. The van der Waals surface area contributed by atoms with Gasteiger partial charge < -0.3 is 21.1 Å². The molecule has 0 unspecified atom stereocenters. The van der Waals surface area contributed by atoms with Crippen molar-refractivity contribution < 1.29 is 19.5 Å². The van der Waals surface area contributed by atoms with Crippen molar-refractivity contribution >= 4 is 17.8 Å². The van der Waals surface area contributed by atoms with Gasteiger partial charge in [-0.05, 0) is 37.0 Å². The van der Waals surface area contributed by atoms with Gasteiger partial charge in [0.1, 0.15) is 12.1 Å². The molecule has 0 radical (unpaired) electrons. The first kappa shape index (κ1) is 24.4. The van der Waals surface area contributed by atoms with Crippen molar-refractivity contribution in [3.05, 3.63) is 0 Å². The maximum absolute atomic E-state index is 13.3. The summed E-state index contributed by atoms with van der Waals surface area (Å²) in [6.45, 7) is 7.75. The SMILES string of the molecule is CC[C@H](C)[C@@H](N)C(=O)N[C@@H](C(=O)N(C)[C@H](CC(C)C)C(=O)O)C1CCCCC1. The van der Waals surface area contributed by atoms with Crippen LogP contribution in [0.4, 0.5) is 0 Å². The number of carbonyl (C=O) groups excluding carboxylic acids is 2. The molecular formula is C21H39N3O4. The number of carbonyl (C=O) groups is 3. The van der Waals surface area contributed by atoms with E-state index in [1.165, 1.54) is 11.9 Å². The van der Waals surface area contributed by atoms with E-state index in [9.17, 15) is 19.5 Å². The molecule has 1 aliphatic carbocycles. The largest absolute Gasteiger partial charge is 0.480 e. The molecule has 1 fully saturated rings. The first-order valence-electron chi connectivity index (χ1n) is 10.7. The minimum atomic E-state index is -1.02. The second kappa shape index (κ2) is 11.4. The van der Waals surface area contributed by atoms with Crippen LogP contribution < -0.4 is 11.1 Å². The van der Waals surface area contributed by atoms with E-state index in [-0.39, 0.29) is 29.6 Å². The van der Waals surface area contributed by atoms with Gasteiger partial charge in [-0.1, -0.05) is 53.4 Å². The minimum absolute atomic E-state index is 0.00699. The number of aliphatic carboxylic acids is 1. The monoisotopic (exact) mass is 397 g/mol. The van der Waals surface area contributed by atoms with Gasteiger partial charge in [0.15, 0.2) is 0 Å². The van der Waals surface area contributed by atoms with Gasteiger partial charge in [0.2, 0.25) is 11.8 Å². The second-order valence-electron chi connectivity index (χ2n) is 8.73. The van der Waals surface area contributed by atoms with Crippen LogP contribution in [0.5, 0.6) is 0 Å². The number of carboxylic acid groups (broad SMARTS) is 1. The Hall–Kier alpha value is -1.63. The third kappa shape index (κ3) is 6.76. The van der Waals surface area contributed by atoms with Crippen LogP contribution in [0.25, 0.3) is 0 Å². The van der Waals surface area contributed by atoms with Crippen LogP contribution >= 0.6 is 0 Å². The van der Waals surface area contributed by atoms with E-state index >= 15 is 0 Å². The third-order valence-electron chi connectivity index (χ3n) is 6.04.